The number of halogens is 2. The second kappa shape index (κ2) is 11.6. The van der Waals surface area contributed by atoms with Crippen LogP contribution < -0.4 is 14.8 Å². The van der Waals surface area contributed by atoms with Gasteiger partial charge in [-0.3, -0.25) is 9.69 Å². The molecule has 1 aliphatic rings. The van der Waals surface area contributed by atoms with Crippen LogP contribution in [0.1, 0.15) is 38.8 Å². The van der Waals surface area contributed by atoms with Gasteiger partial charge in [-0.2, -0.15) is 0 Å². The number of methoxy groups -OCH3 is 1. The topological polar surface area (TPSA) is 50.8 Å². The first-order valence-corrected chi connectivity index (χ1v) is 8.32. The summed E-state index contributed by atoms with van der Waals surface area (Å²) in [5.74, 6) is 1.36. The molecule has 1 heterocycles. The van der Waals surface area contributed by atoms with Crippen LogP contribution in [0, 0.1) is 5.92 Å². The van der Waals surface area contributed by atoms with E-state index in [1.807, 2.05) is 12.1 Å². The van der Waals surface area contributed by atoms with Gasteiger partial charge in [0, 0.05) is 39.1 Å². The quantitative estimate of drug-likeness (QED) is 0.593. The van der Waals surface area contributed by atoms with Gasteiger partial charge in [0.2, 0.25) is 0 Å². The summed E-state index contributed by atoms with van der Waals surface area (Å²) in [5, 5.41) is 3.40. The smallest absolute Gasteiger partial charge is 0.308 e. The SMILES string of the molecule is COc1cc([C@@H](CC(C)C)N2CCNCC2)ccc1OC(C)=O.Cl.Cl. The summed E-state index contributed by atoms with van der Waals surface area (Å²) in [6.45, 7) is 10.0. The lowest BCUT2D eigenvalue weighted by atomic mass is 9.94. The summed E-state index contributed by atoms with van der Waals surface area (Å²) in [6.07, 6.45) is 1.09. The van der Waals surface area contributed by atoms with E-state index in [1.165, 1.54) is 12.5 Å². The first kappa shape index (κ1) is 24.0. The number of carbonyl (C=O) groups is 1. The van der Waals surface area contributed by atoms with Crippen LogP contribution in [0.4, 0.5) is 0 Å². The highest BCUT2D eigenvalue weighted by Gasteiger charge is 2.24. The van der Waals surface area contributed by atoms with Crippen molar-refractivity contribution in [2.45, 2.75) is 33.2 Å². The Morgan fingerprint density at radius 1 is 1.20 bits per heavy atom. The van der Waals surface area contributed by atoms with Crippen LogP contribution in [0.25, 0.3) is 0 Å². The van der Waals surface area contributed by atoms with E-state index in [0.717, 1.165) is 32.6 Å². The number of esters is 1. The molecule has 0 radical (unpaired) electrons. The van der Waals surface area contributed by atoms with E-state index in [0.29, 0.717) is 23.5 Å². The highest BCUT2D eigenvalue weighted by atomic mass is 35.5. The summed E-state index contributed by atoms with van der Waals surface area (Å²) in [6, 6.07) is 6.26. The summed E-state index contributed by atoms with van der Waals surface area (Å²) >= 11 is 0. The molecule has 0 spiro atoms. The minimum atomic E-state index is -0.336. The standard InChI is InChI=1S/C18H28N2O3.2ClH/c1-13(2)11-16(20-9-7-19-8-10-20)15-5-6-17(23-14(3)21)18(12-15)22-4;;/h5-6,12-13,16,19H,7-11H2,1-4H3;2*1H/t16-;;/m1../s1. The molecule has 0 amide bonds. The first-order chi connectivity index (χ1) is 11.0. The molecule has 1 saturated heterocycles. The molecule has 25 heavy (non-hydrogen) atoms. The highest BCUT2D eigenvalue weighted by Crippen LogP contribution is 2.35. The van der Waals surface area contributed by atoms with E-state index in [1.54, 1.807) is 7.11 Å². The highest BCUT2D eigenvalue weighted by molar-refractivity contribution is 5.85. The molecule has 1 fully saturated rings. The molecule has 1 aromatic carbocycles. The van der Waals surface area contributed by atoms with Crippen LogP contribution in [-0.2, 0) is 4.79 Å². The lowest BCUT2D eigenvalue weighted by Gasteiger charge is -2.36. The first-order valence-electron chi connectivity index (χ1n) is 8.32. The van der Waals surface area contributed by atoms with Gasteiger partial charge >= 0.3 is 5.97 Å². The maximum Gasteiger partial charge on any atom is 0.308 e. The molecule has 144 valence electrons. The predicted octanol–water partition coefficient (Wildman–Crippen LogP) is 3.46. The number of benzene rings is 1. The van der Waals surface area contributed by atoms with Gasteiger partial charge in [0.15, 0.2) is 11.5 Å². The normalized spacial score (nSPS) is 15.7. The van der Waals surface area contributed by atoms with Crippen molar-refractivity contribution < 1.29 is 14.3 Å². The minimum Gasteiger partial charge on any atom is -0.493 e. The van der Waals surface area contributed by atoms with Crippen LogP contribution in [0.2, 0.25) is 0 Å². The molecule has 2 rings (SSSR count). The Labute approximate surface area is 163 Å². The Hall–Kier alpha value is -1.01. The summed E-state index contributed by atoms with van der Waals surface area (Å²) in [5.41, 5.74) is 1.22. The van der Waals surface area contributed by atoms with E-state index in [4.69, 9.17) is 9.47 Å². The molecule has 7 heteroatoms. The van der Waals surface area contributed by atoms with E-state index >= 15 is 0 Å². The van der Waals surface area contributed by atoms with Crippen LogP contribution in [0.3, 0.4) is 0 Å². The van der Waals surface area contributed by atoms with E-state index in [2.05, 4.69) is 30.1 Å². The monoisotopic (exact) mass is 392 g/mol. The lowest BCUT2D eigenvalue weighted by Crippen LogP contribution is -2.45. The van der Waals surface area contributed by atoms with Crippen molar-refractivity contribution in [2.24, 2.45) is 5.92 Å². The fraction of sp³-hybridized carbons (Fsp3) is 0.611. The Kier molecular flexibility index (Phi) is 11.1. The molecule has 1 atom stereocenters. The van der Waals surface area contributed by atoms with Crippen molar-refractivity contribution in [1.29, 1.82) is 0 Å². The zero-order valence-corrected chi connectivity index (χ0v) is 17.0. The van der Waals surface area contributed by atoms with E-state index < -0.39 is 0 Å². The van der Waals surface area contributed by atoms with Crippen molar-refractivity contribution in [3.8, 4) is 11.5 Å². The van der Waals surface area contributed by atoms with Gasteiger partial charge in [0.05, 0.1) is 7.11 Å². The van der Waals surface area contributed by atoms with Crippen molar-refractivity contribution >= 4 is 30.8 Å². The zero-order valence-electron chi connectivity index (χ0n) is 15.4. The van der Waals surface area contributed by atoms with Crippen LogP contribution in [0.15, 0.2) is 18.2 Å². The van der Waals surface area contributed by atoms with Crippen molar-refractivity contribution in [1.82, 2.24) is 10.2 Å². The van der Waals surface area contributed by atoms with Crippen molar-refractivity contribution in [3.05, 3.63) is 23.8 Å². The molecule has 1 N–H and O–H groups in total. The Morgan fingerprint density at radius 3 is 2.36 bits per heavy atom. The summed E-state index contributed by atoms with van der Waals surface area (Å²) in [7, 11) is 1.61. The summed E-state index contributed by atoms with van der Waals surface area (Å²) < 4.78 is 10.6. The average Bonchev–Trinajstić information content (AvgIpc) is 2.53. The maximum atomic E-state index is 11.2. The molecule has 5 nitrogen and oxygen atoms in total. The largest absolute Gasteiger partial charge is 0.493 e. The summed E-state index contributed by atoms with van der Waals surface area (Å²) in [4.78, 5) is 13.7. The number of carbonyl (C=O) groups excluding carboxylic acids is 1. The van der Waals surface area contributed by atoms with Gasteiger partial charge in [-0.15, -0.1) is 24.8 Å². The molecule has 0 bridgehead atoms. The van der Waals surface area contributed by atoms with Gasteiger partial charge in [-0.25, -0.2) is 0 Å². The number of nitrogens with zero attached hydrogens (tertiary/aromatic N) is 1. The third kappa shape index (κ3) is 7.02. The van der Waals surface area contributed by atoms with Gasteiger partial charge in [0.1, 0.15) is 0 Å². The van der Waals surface area contributed by atoms with Gasteiger partial charge < -0.3 is 14.8 Å². The maximum absolute atomic E-state index is 11.2. The van der Waals surface area contributed by atoms with E-state index in [9.17, 15) is 4.79 Å². The van der Waals surface area contributed by atoms with Crippen molar-refractivity contribution in [3.63, 3.8) is 0 Å². The third-order valence-electron chi connectivity index (χ3n) is 4.11. The minimum absolute atomic E-state index is 0. The zero-order chi connectivity index (χ0) is 16.8. The second-order valence-electron chi connectivity index (χ2n) is 6.44. The molecular weight excluding hydrogens is 363 g/mol. The van der Waals surface area contributed by atoms with Crippen LogP contribution in [-0.4, -0.2) is 44.2 Å². The van der Waals surface area contributed by atoms with Crippen LogP contribution in [0.5, 0.6) is 11.5 Å². The number of hydrogen-bond donors (Lipinski definition) is 1. The number of hydrogen-bond acceptors (Lipinski definition) is 5. The van der Waals surface area contributed by atoms with E-state index in [-0.39, 0.29) is 30.8 Å². The molecule has 1 aliphatic heterocycles. The van der Waals surface area contributed by atoms with Crippen molar-refractivity contribution in [2.75, 3.05) is 33.3 Å². The lowest BCUT2D eigenvalue weighted by molar-refractivity contribution is -0.132. The molecule has 0 saturated carbocycles. The Balaban J connectivity index is 0.00000288. The molecule has 0 aromatic heterocycles. The van der Waals surface area contributed by atoms with Gasteiger partial charge in [-0.1, -0.05) is 19.9 Å². The number of nitrogens with one attached hydrogen (secondary N) is 1. The van der Waals surface area contributed by atoms with Gasteiger partial charge in [-0.05, 0) is 30.0 Å². The fourth-order valence-electron chi connectivity index (χ4n) is 3.07. The number of rotatable bonds is 6. The number of piperazine rings is 1. The van der Waals surface area contributed by atoms with Crippen LogP contribution >= 0.6 is 24.8 Å². The van der Waals surface area contributed by atoms with Gasteiger partial charge in [0.25, 0.3) is 0 Å². The third-order valence-corrected chi connectivity index (χ3v) is 4.11. The Bertz CT molecular complexity index is 535. The fourth-order valence-corrected chi connectivity index (χ4v) is 3.07. The Morgan fingerprint density at radius 2 is 1.84 bits per heavy atom. The molecule has 0 aliphatic carbocycles. The molecule has 0 unspecified atom stereocenters. The molecule has 1 aromatic rings. The number of ether oxygens (including phenoxy) is 2. The predicted molar refractivity (Wildman–Crippen MR) is 105 cm³/mol. The average molecular weight is 393 g/mol. The second-order valence-corrected chi connectivity index (χ2v) is 6.44. The molecular formula is C18H30Cl2N2O3.